The van der Waals surface area contributed by atoms with Crippen LogP contribution in [-0.4, -0.2) is 50.3 Å². The van der Waals surface area contributed by atoms with Gasteiger partial charge in [-0.05, 0) is 45.4 Å². The SMILES string of the molecule is CCNC(=NCCCCOCC)N1CCCC(C)C1. The molecule has 1 atom stereocenters. The molecule has 0 radical (unpaired) electrons. The molecule has 112 valence electrons. The first kappa shape index (κ1) is 16.3. The third kappa shape index (κ3) is 6.81. The van der Waals surface area contributed by atoms with Crippen LogP contribution in [0.1, 0.15) is 46.5 Å². The third-order valence-electron chi connectivity index (χ3n) is 3.45. The maximum atomic E-state index is 5.34. The van der Waals surface area contributed by atoms with Crippen LogP contribution in [0.25, 0.3) is 0 Å². The Morgan fingerprint density at radius 2 is 2.21 bits per heavy atom. The first-order valence-corrected chi connectivity index (χ1v) is 7.88. The molecule has 1 aliphatic rings. The molecule has 0 spiro atoms. The molecule has 1 saturated heterocycles. The van der Waals surface area contributed by atoms with Crippen molar-refractivity contribution in [1.29, 1.82) is 0 Å². The number of ether oxygens (including phenoxy) is 1. The van der Waals surface area contributed by atoms with Crippen molar-refractivity contribution < 1.29 is 4.74 Å². The molecule has 0 aromatic rings. The Hall–Kier alpha value is -0.770. The highest BCUT2D eigenvalue weighted by Gasteiger charge is 2.18. The van der Waals surface area contributed by atoms with Crippen LogP contribution >= 0.6 is 0 Å². The number of hydrogen-bond donors (Lipinski definition) is 1. The van der Waals surface area contributed by atoms with Crippen LogP contribution in [0.3, 0.4) is 0 Å². The van der Waals surface area contributed by atoms with Crippen LogP contribution in [0, 0.1) is 5.92 Å². The lowest BCUT2D eigenvalue weighted by atomic mass is 10.0. The molecule has 0 aromatic carbocycles. The standard InChI is InChI=1S/C15H31N3O/c1-4-16-15(17-10-6-7-12-19-5-2)18-11-8-9-14(3)13-18/h14H,4-13H2,1-3H3,(H,16,17). The van der Waals surface area contributed by atoms with Crippen molar-refractivity contribution >= 4 is 5.96 Å². The monoisotopic (exact) mass is 269 g/mol. The number of aliphatic imine (C=N–C) groups is 1. The van der Waals surface area contributed by atoms with Crippen LogP contribution < -0.4 is 5.32 Å². The molecule has 1 heterocycles. The molecule has 19 heavy (non-hydrogen) atoms. The van der Waals surface area contributed by atoms with E-state index in [-0.39, 0.29) is 0 Å². The van der Waals surface area contributed by atoms with Gasteiger partial charge in [0.25, 0.3) is 0 Å². The van der Waals surface area contributed by atoms with Gasteiger partial charge in [0.05, 0.1) is 0 Å². The van der Waals surface area contributed by atoms with E-state index in [0.29, 0.717) is 0 Å². The molecular formula is C15H31N3O. The molecule has 0 aliphatic carbocycles. The summed E-state index contributed by atoms with van der Waals surface area (Å²) < 4.78 is 5.34. The second-order valence-electron chi connectivity index (χ2n) is 5.33. The smallest absolute Gasteiger partial charge is 0.193 e. The van der Waals surface area contributed by atoms with Gasteiger partial charge in [-0.15, -0.1) is 0 Å². The minimum absolute atomic E-state index is 0.788. The molecule has 1 unspecified atom stereocenters. The first-order chi connectivity index (χ1) is 9.27. The second-order valence-corrected chi connectivity index (χ2v) is 5.33. The van der Waals surface area contributed by atoms with Gasteiger partial charge < -0.3 is 15.0 Å². The molecule has 1 rings (SSSR count). The summed E-state index contributed by atoms with van der Waals surface area (Å²) in [6.07, 6.45) is 4.85. The fraction of sp³-hybridized carbons (Fsp3) is 0.933. The van der Waals surface area contributed by atoms with E-state index in [9.17, 15) is 0 Å². The fourth-order valence-electron chi connectivity index (χ4n) is 2.45. The van der Waals surface area contributed by atoms with Gasteiger partial charge in [-0.2, -0.15) is 0 Å². The average molecular weight is 269 g/mol. The van der Waals surface area contributed by atoms with Gasteiger partial charge in [0.2, 0.25) is 0 Å². The number of guanidine groups is 1. The van der Waals surface area contributed by atoms with E-state index in [1.165, 1.54) is 12.8 Å². The zero-order valence-corrected chi connectivity index (χ0v) is 13.0. The van der Waals surface area contributed by atoms with Crippen LogP contribution in [-0.2, 0) is 4.74 Å². The maximum absolute atomic E-state index is 5.34. The number of piperidine rings is 1. The van der Waals surface area contributed by atoms with Crippen molar-refractivity contribution in [3.63, 3.8) is 0 Å². The number of hydrogen-bond acceptors (Lipinski definition) is 2. The van der Waals surface area contributed by atoms with Crippen molar-refractivity contribution in [2.75, 3.05) is 39.4 Å². The summed E-state index contributed by atoms with van der Waals surface area (Å²) in [6, 6.07) is 0. The van der Waals surface area contributed by atoms with Crippen molar-refractivity contribution in [2.24, 2.45) is 10.9 Å². The van der Waals surface area contributed by atoms with Crippen LogP contribution in [0.15, 0.2) is 4.99 Å². The number of rotatable bonds is 7. The number of likely N-dealkylation sites (tertiary alicyclic amines) is 1. The Morgan fingerprint density at radius 3 is 2.89 bits per heavy atom. The summed E-state index contributed by atoms with van der Waals surface area (Å²) in [5.74, 6) is 1.89. The molecule has 1 N–H and O–H groups in total. The Kier molecular flexibility index (Phi) is 8.63. The highest BCUT2D eigenvalue weighted by molar-refractivity contribution is 5.80. The predicted octanol–water partition coefficient (Wildman–Crippen LogP) is 2.50. The first-order valence-electron chi connectivity index (χ1n) is 7.88. The molecule has 1 aliphatic heterocycles. The van der Waals surface area contributed by atoms with Crippen LogP contribution in [0.5, 0.6) is 0 Å². The van der Waals surface area contributed by atoms with E-state index in [0.717, 1.165) is 64.1 Å². The number of nitrogens with one attached hydrogen (secondary N) is 1. The summed E-state index contributed by atoms with van der Waals surface area (Å²) in [4.78, 5) is 7.16. The van der Waals surface area contributed by atoms with Crippen LogP contribution in [0.4, 0.5) is 0 Å². The van der Waals surface area contributed by atoms with E-state index in [2.05, 4.69) is 24.1 Å². The summed E-state index contributed by atoms with van der Waals surface area (Å²) in [5.41, 5.74) is 0. The van der Waals surface area contributed by atoms with Gasteiger partial charge in [0.1, 0.15) is 0 Å². The van der Waals surface area contributed by atoms with Gasteiger partial charge in [0, 0.05) is 39.4 Å². The molecular weight excluding hydrogens is 238 g/mol. The number of nitrogens with zero attached hydrogens (tertiary/aromatic N) is 2. The normalized spacial score (nSPS) is 20.7. The fourth-order valence-corrected chi connectivity index (χ4v) is 2.45. The molecule has 4 nitrogen and oxygen atoms in total. The summed E-state index contributed by atoms with van der Waals surface area (Å²) in [6.45, 7) is 12.3. The lowest BCUT2D eigenvalue weighted by molar-refractivity contribution is 0.144. The highest BCUT2D eigenvalue weighted by atomic mass is 16.5. The molecule has 1 fully saturated rings. The number of unbranched alkanes of at least 4 members (excludes halogenated alkanes) is 1. The minimum Gasteiger partial charge on any atom is -0.382 e. The zero-order chi connectivity index (χ0) is 13.9. The van der Waals surface area contributed by atoms with Gasteiger partial charge in [-0.3, -0.25) is 4.99 Å². The van der Waals surface area contributed by atoms with E-state index >= 15 is 0 Å². The van der Waals surface area contributed by atoms with Crippen LogP contribution in [0.2, 0.25) is 0 Å². The molecule has 0 aromatic heterocycles. The van der Waals surface area contributed by atoms with Crippen molar-refractivity contribution in [3.8, 4) is 0 Å². The van der Waals surface area contributed by atoms with E-state index in [1.807, 2.05) is 6.92 Å². The highest BCUT2D eigenvalue weighted by Crippen LogP contribution is 2.15. The van der Waals surface area contributed by atoms with Crippen molar-refractivity contribution in [2.45, 2.75) is 46.5 Å². The summed E-state index contributed by atoms with van der Waals surface area (Å²) in [7, 11) is 0. The maximum Gasteiger partial charge on any atom is 0.193 e. The average Bonchev–Trinajstić information content (AvgIpc) is 2.41. The van der Waals surface area contributed by atoms with Gasteiger partial charge in [0.15, 0.2) is 5.96 Å². The van der Waals surface area contributed by atoms with Crippen molar-refractivity contribution in [3.05, 3.63) is 0 Å². The Balaban J connectivity index is 2.33. The largest absolute Gasteiger partial charge is 0.382 e. The zero-order valence-electron chi connectivity index (χ0n) is 13.0. The van der Waals surface area contributed by atoms with E-state index in [4.69, 9.17) is 9.73 Å². The lowest BCUT2D eigenvalue weighted by Gasteiger charge is -2.33. The second kappa shape index (κ2) is 10.1. The molecule has 0 saturated carbocycles. The Morgan fingerprint density at radius 1 is 1.37 bits per heavy atom. The van der Waals surface area contributed by atoms with Gasteiger partial charge >= 0.3 is 0 Å². The van der Waals surface area contributed by atoms with Gasteiger partial charge in [-0.25, -0.2) is 0 Å². The van der Waals surface area contributed by atoms with E-state index < -0.39 is 0 Å². The topological polar surface area (TPSA) is 36.9 Å². The molecule has 0 amide bonds. The molecule has 0 bridgehead atoms. The minimum atomic E-state index is 0.788. The molecule has 4 heteroatoms. The summed E-state index contributed by atoms with van der Waals surface area (Å²) >= 11 is 0. The van der Waals surface area contributed by atoms with Crippen molar-refractivity contribution in [1.82, 2.24) is 10.2 Å². The Labute approximate surface area is 118 Å². The van der Waals surface area contributed by atoms with Gasteiger partial charge in [-0.1, -0.05) is 6.92 Å². The quantitative estimate of drug-likeness (QED) is 0.438. The lowest BCUT2D eigenvalue weighted by Crippen LogP contribution is -2.46. The third-order valence-corrected chi connectivity index (χ3v) is 3.45. The summed E-state index contributed by atoms with van der Waals surface area (Å²) in [5, 5.41) is 3.42. The van der Waals surface area contributed by atoms with E-state index in [1.54, 1.807) is 0 Å². The predicted molar refractivity (Wildman–Crippen MR) is 81.7 cm³/mol. The Bertz CT molecular complexity index is 256.